The molecule has 6 heteroatoms. The van der Waals surface area contributed by atoms with Crippen LogP contribution in [0.15, 0.2) is 22.7 Å². The van der Waals surface area contributed by atoms with Crippen LogP contribution < -0.4 is 11.1 Å². The molecule has 1 aromatic carbocycles. The van der Waals surface area contributed by atoms with Gasteiger partial charge in [-0.3, -0.25) is 0 Å². The Morgan fingerprint density at radius 3 is 2.56 bits per heavy atom. The Bertz CT molecular complexity index is 434. The minimum absolute atomic E-state index is 0.145. The second-order valence-electron chi connectivity index (χ2n) is 4.61. The van der Waals surface area contributed by atoms with E-state index in [9.17, 15) is 13.2 Å². The van der Waals surface area contributed by atoms with Crippen molar-refractivity contribution in [2.45, 2.75) is 37.5 Å². The van der Waals surface area contributed by atoms with E-state index in [1.165, 1.54) is 6.07 Å². The number of benzene rings is 1. The van der Waals surface area contributed by atoms with Gasteiger partial charge in [-0.2, -0.15) is 13.2 Å². The average molecular weight is 323 g/mol. The maximum absolute atomic E-state index is 12.6. The van der Waals surface area contributed by atoms with Crippen LogP contribution in [0.25, 0.3) is 0 Å². The highest BCUT2D eigenvalue weighted by Crippen LogP contribution is 2.35. The monoisotopic (exact) mass is 322 g/mol. The molecule has 1 aromatic rings. The molecular formula is C12H14BrF3N2. The molecule has 0 bridgehead atoms. The Balaban J connectivity index is 2.16. The Morgan fingerprint density at radius 1 is 1.28 bits per heavy atom. The van der Waals surface area contributed by atoms with Gasteiger partial charge in [0.2, 0.25) is 0 Å². The number of nitrogens with one attached hydrogen (secondary N) is 1. The van der Waals surface area contributed by atoms with Crippen LogP contribution in [0.5, 0.6) is 0 Å². The van der Waals surface area contributed by atoms with Crippen LogP contribution in [0, 0.1) is 0 Å². The molecule has 0 aromatic heterocycles. The molecule has 0 spiro atoms. The molecule has 0 heterocycles. The van der Waals surface area contributed by atoms with Crippen LogP contribution >= 0.6 is 15.9 Å². The molecule has 1 fully saturated rings. The minimum atomic E-state index is -4.32. The van der Waals surface area contributed by atoms with E-state index in [1.807, 2.05) is 0 Å². The van der Waals surface area contributed by atoms with Gasteiger partial charge in [0.05, 0.1) is 5.56 Å². The van der Waals surface area contributed by atoms with Crippen molar-refractivity contribution in [3.05, 3.63) is 28.2 Å². The van der Waals surface area contributed by atoms with Gasteiger partial charge < -0.3 is 11.1 Å². The Labute approximate surface area is 112 Å². The van der Waals surface area contributed by atoms with Crippen molar-refractivity contribution >= 4 is 21.6 Å². The largest absolute Gasteiger partial charge is 0.416 e. The molecule has 2 unspecified atom stereocenters. The number of hydrogen-bond donors (Lipinski definition) is 2. The SMILES string of the molecule is NC1CCC(Nc2cc(C(F)(F)F)ccc2Br)C1. The van der Waals surface area contributed by atoms with Gasteiger partial charge in [0.15, 0.2) is 0 Å². The first-order chi connectivity index (χ1) is 8.36. The summed E-state index contributed by atoms with van der Waals surface area (Å²) in [4.78, 5) is 0. The van der Waals surface area contributed by atoms with Crippen LogP contribution in [0.1, 0.15) is 24.8 Å². The van der Waals surface area contributed by atoms with Crippen molar-refractivity contribution < 1.29 is 13.2 Å². The molecule has 3 N–H and O–H groups in total. The van der Waals surface area contributed by atoms with Gasteiger partial charge in [-0.05, 0) is 53.4 Å². The Hall–Kier alpha value is -0.750. The number of rotatable bonds is 2. The van der Waals surface area contributed by atoms with E-state index in [0.717, 1.165) is 31.4 Å². The van der Waals surface area contributed by atoms with Crippen molar-refractivity contribution in [3.8, 4) is 0 Å². The predicted octanol–water partition coefficient (Wildman–Crippen LogP) is 3.76. The van der Waals surface area contributed by atoms with E-state index < -0.39 is 11.7 Å². The highest BCUT2D eigenvalue weighted by molar-refractivity contribution is 9.10. The predicted molar refractivity (Wildman–Crippen MR) is 68.4 cm³/mol. The second kappa shape index (κ2) is 5.09. The molecule has 2 nitrogen and oxygen atoms in total. The smallest absolute Gasteiger partial charge is 0.381 e. The van der Waals surface area contributed by atoms with Gasteiger partial charge in [0, 0.05) is 22.2 Å². The van der Waals surface area contributed by atoms with Crippen molar-refractivity contribution in [1.82, 2.24) is 0 Å². The maximum Gasteiger partial charge on any atom is 0.416 e. The fourth-order valence-electron chi connectivity index (χ4n) is 2.18. The van der Waals surface area contributed by atoms with E-state index in [-0.39, 0.29) is 12.1 Å². The zero-order valence-corrected chi connectivity index (χ0v) is 11.2. The Kier molecular flexibility index (Phi) is 3.87. The van der Waals surface area contributed by atoms with E-state index in [1.54, 1.807) is 0 Å². The summed E-state index contributed by atoms with van der Waals surface area (Å²) < 4.78 is 38.5. The normalized spacial score (nSPS) is 24.3. The summed E-state index contributed by atoms with van der Waals surface area (Å²) in [5.74, 6) is 0. The van der Waals surface area contributed by atoms with E-state index in [4.69, 9.17) is 5.73 Å². The molecule has 1 saturated carbocycles. The quantitative estimate of drug-likeness (QED) is 0.870. The lowest BCUT2D eigenvalue weighted by Gasteiger charge is -2.17. The topological polar surface area (TPSA) is 38.0 Å². The van der Waals surface area contributed by atoms with Crippen molar-refractivity contribution in [3.63, 3.8) is 0 Å². The summed E-state index contributed by atoms with van der Waals surface area (Å²) in [6, 6.07) is 3.91. The molecule has 18 heavy (non-hydrogen) atoms. The number of anilines is 1. The number of halogens is 4. The molecule has 2 rings (SSSR count). The van der Waals surface area contributed by atoms with Crippen molar-refractivity contribution in [2.75, 3.05) is 5.32 Å². The summed E-state index contributed by atoms with van der Waals surface area (Å²) in [5, 5.41) is 3.13. The standard InChI is InChI=1S/C12H14BrF3N2/c13-10-4-1-7(12(14,15)16)5-11(10)18-9-3-2-8(17)6-9/h1,4-5,8-9,18H,2-3,6,17H2. The van der Waals surface area contributed by atoms with E-state index in [2.05, 4.69) is 21.2 Å². The summed E-state index contributed by atoms with van der Waals surface area (Å²) in [6.45, 7) is 0. The third-order valence-corrected chi connectivity index (χ3v) is 3.82. The van der Waals surface area contributed by atoms with Gasteiger partial charge in [-0.25, -0.2) is 0 Å². The zero-order valence-electron chi connectivity index (χ0n) is 9.60. The van der Waals surface area contributed by atoms with Gasteiger partial charge >= 0.3 is 6.18 Å². The van der Waals surface area contributed by atoms with Crippen LogP contribution in [0.2, 0.25) is 0 Å². The summed E-state index contributed by atoms with van der Waals surface area (Å²) >= 11 is 3.26. The first-order valence-electron chi connectivity index (χ1n) is 5.75. The van der Waals surface area contributed by atoms with Crippen LogP contribution in [-0.4, -0.2) is 12.1 Å². The van der Waals surface area contributed by atoms with Crippen LogP contribution in [-0.2, 0) is 6.18 Å². The minimum Gasteiger partial charge on any atom is -0.381 e. The highest BCUT2D eigenvalue weighted by atomic mass is 79.9. The average Bonchev–Trinajstić information content (AvgIpc) is 2.66. The first-order valence-corrected chi connectivity index (χ1v) is 6.54. The lowest BCUT2D eigenvalue weighted by Crippen LogP contribution is -2.21. The fourth-order valence-corrected chi connectivity index (χ4v) is 2.54. The molecule has 0 aliphatic heterocycles. The van der Waals surface area contributed by atoms with Crippen molar-refractivity contribution in [2.24, 2.45) is 5.73 Å². The zero-order chi connectivity index (χ0) is 13.3. The summed E-state index contributed by atoms with van der Waals surface area (Å²) in [6.07, 6.45) is -1.72. The fraction of sp³-hybridized carbons (Fsp3) is 0.500. The van der Waals surface area contributed by atoms with Crippen molar-refractivity contribution in [1.29, 1.82) is 0 Å². The third-order valence-electron chi connectivity index (χ3n) is 3.13. The van der Waals surface area contributed by atoms with Gasteiger partial charge in [0.25, 0.3) is 0 Å². The number of alkyl halides is 3. The lowest BCUT2D eigenvalue weighted by molar-refractivity contribution is -0.137. The Morgan fingerprint density at radius 2 is 2.00 bits per heavy atom. The molecule has 1 aliphatic carbocycles. The molecule has 0 radical (unpaired) electrons. The summed E-state index contributed by atoms with van der Waals surface area (Å²) in [7, 11) is 0. The molecule has 2 atom stereocenters. The van der Waals surface area contributed by atoms with Crippen LogP contribution in [0.3, 0.4) is 0 Å². The van der Waals surface area contributed by atoms with E-state index in [0.29, 0.717) is 10.2 Å². The van der Waals surface area contributed by atoms with Crippen LogP contribution in [0.4, 0.5) is 18.9 Å². The number of nitrogens with two attached hydrogens (primary N) is 1. The molecule has 0 saturated heterocycles. The van der Waals surface area contributed by atoms with Gasteiger partial charge in [-0.15, -0.1) is 0 Å². The third kappa shape index (κ3) is 3.17. The van der Waals surface area contributed by atoms with E-state index >= 15 is 0 Å². The summed E-state index contributed by atoms with van der Waals surface area (Å²) in [5.41, 5.74) is 5.62. The molecule has 1 aliphatic rings. The molecule has 0 amide bonds. The molecule has 100 valence electrons. The van der Waals surface area contributed by atoms with Gasteiger partial charge in [-0.1, -0.05) is 0 Å². The first kappa shape index (κ1) is 13.7. The molecular weight excluding hydrogens is 309 g/mol. The lowest BCUT2D eigenvalue weighted by atomic mass is 10.1. The highest BCUT2D eigenvalue weighted by Gasteiger charge is 2.31. The maximum atomic E-state index is 12.6. The second-order valence-corrected chi connectivity index (χ2v) is 5.46. The van der Waals surface area contributed by atoms with Gasteiger partial charge in [0.1, 0.15) is 0 Å². The number of hydrogen-bond acceptors (Lipinski definition) is 2.